The summed E-state index contributed by atoms with van der Waals surface area (Å²) in [5.41, 5.74) is 1.38. The van der Waals surface area contributed by atoms with Crippen LogP contribution in [0.5, 0.6) is 0 Å². The first-order chi connectivity index (χ1) is 11.1. The fourth-order valence-corrected chi connectivity index (χ4v) is 7.86. The summed E-state index contributed by atoms with van der Waals surface area (Å²) in [7, 11) is 0. The Morgan fingerprint density at radius 3 is 2.30 bits per heavy atom. The Balaban J connectivity index is 1.50. The molecule has 130 valence electrons. The summed E-state index contributed by atoms with van der Waals surface area (Å²) in [6.45, 7) is 4.32. The first-order valence-corrected chi connectivity index (χ1v) is 10.6. The standard InChI is InChI=1S/C20H30F2S/c1-11-3-6-13(7-4-11)14-9-10-16-15-8-5-12(2)17(21)19(15)23-20(16)18(14)22/h6,11-12,14-20H,3-5,7-10H2,1-2H3. The van der Waals surface area contributed by atoms with Crippen LogP contribution in [0.4, 0.5) is 8.78 Å². The predicted octanol–water partition coefficient (Wildman–Crippen LogP) is 5.97. The molecular formula is C20H30F2S. The third kappa shape index (κ3) is 2.79. The number of rotatable bonds is 1. The Morgan fingerprint density at radius 1 is 0.913 bits per heavy atom. The van der Waals surface area contributed by atoms with Crippen molar-refractivity contribution in [2.75, 3.05) is 0 Å². The maximum Gasteiger partial charge on any atom is 0.119 e. The summed E-state index contributed by atoms with van der Waals surface area (Å²) in [5, 5.41) is 0.138. The zero-order valence-corrected chi connectivity index (χ0v) is 15.2. The summed E-state index contributed by atoms with van der Waals surface area (Å²) in [6.07, 6.45) is 8.53. The monoisotopic (exact) mass is 340 g/mol. The second-order valence-corrected chi connectivity index (χ2v) is 10.0. The highest BCUT2D eigenvalue weighted by atomic mass is 32.2. The fourth-order valence-electron chi connectivity index (χ4n) is 5.66. The van der Waals surface area contributed by atoms with Gasteiger partial charge in [0.25, 0.3) is 0 Å². The van der Waals surface area contributed by atoms with E-state index in [2.05, 4.69) is 13.0 Å². The molecule has 0 spiro atoms. The SMILES string of the molecule is CC1CC=C(C2CCC3C4CCC(C)C(F)C4SC3C2F)CC1. The lowest BCUT2D eigenvalue weighted by Crippen LogP contribution is -2.41. The van der Waals surface area contributed by atoms with E-state index >= 15 is 4.39 Å². The molecule has 23 heavy (non-hydrogen) atoms. The van der Waals surface area contributed by atoms with Crippen molar-refractivity contribution in [3.63, 3.8) is 0 Å². The molecule has 1 heterocycles. The molecule has 0 aromatic carbocycles. The summed E-state index contributed by atoms with van der Waals surface area (Å²) in [5.74, 6) is 1.93. The quantitative estimate of drug-likeness (QED) is 0.530. The zero-order valence-electron chi connectivity index (χ0n) is 14.4. The van der Waals surface area contributed by atoms with Crippen LogP contribution in [0.1, 0.15) is 58.8 Å². The number of hydrogen-bond acceptors (Lipinski definition) is 1. The molecule has 0 nitrogen and oxygen atoms in total. The van der Waals surface area contributed by atoms with E-state index in [1.807, 2.05) is 6.92 Å². The average molecular weight is 341 g/mol. The van der Waals surface area contributed by atoms with Crippen molar-refractivity contribution in [1.82, 2.24) is 0 Å². The largest absolute Gasteiger partial charge is 0.246 e. The van der Waals surface area contributed by atoms with Crippen molar-refractivity contribution in [1.29, 1.82) is 0 Å². The first-order valence-electron chi connectivity index (χ1n) is 9.68. The highest BCUT2D eigenvalue weighted by molar-refractivity contribution is 8.00. The van der Waals surface area contributed by atoms with Gasteiger partial charge in [-0.3, -0.25) is 0 Å². The molecule has 2 saturated carbocycles. The van der Waals surface area contributed by atoms with Crippen molar-refractivity contribution in [2.24, 2.45) is 29.6 Å². The fraction of sp³-hybridized carbons (Fsp3) is 0.900. The second-order valence-electron chi connectivity index (χ2n) is 8.68. The van der Waals surface area contributed by atoms with Crippen molar-refractivity contribution in [3.05, 3.63) is 11.6 Å². The van der Waals surface area contributed by atoms with Crippen molar-refractivity contribution >= 4 is 11.8 Å². The summed E-state index contributed by atoms with van der Waals surface area (Å²) >= 11 is 1.69. The molecule has 1 aliphatic heterocycles. The molecule has 1 saturated heterocycles. The second kappa shape index (κ2) is 6.35. The topological polar surface area (TPSA) is 0 Å². The summed E-state index contributed by atoms with van der Waals surface area (Å²) < 4.78 is 30.0. The van der Waals surface area contributed by atoms with Gasteiger partial charge in [-0.05, 0) is 68.6 Å². The Bertz CT molecular complexity index is 476. The van der Waals surface area contributed by atoms with Crippen LogP contribution in [0.25, 0.3) is 0 Å². The molecule has 0 aromatic rings. The van der Waals surface area contributed by atoms with Gasteiger partial charge in [-0.15, -0.1) is 11.8 Å². The molecule has 0 bridgehead atoms. The zero-order chi connectivity index (χ0) is 16.1. The molecular weight excluding hydrogens is 310 g/mol. The smallest absolute Gasteiger partial charge is 0.119 e. The normalized spacial score (nSPS) is 53.4. The molecule has 3 fully saturated rings. The van der Waals surface area contributed by atoms with E-state index in [0.717, 1.165) is 44.4 Å². The Kier molecular flexibility index (Phi) is 4.53. The highest BCUT2D eigenvalue weighted by Crippen LogP contribution is 2.58. The van der Waals surface area contributed by atoms with Gasteiger partial charge in [0.15, 0.2) is 0 Å². The van der Waals surface area contributed by atoms with E-state index < -0.39 is 12.3 Å². The maximum absolute atomic E-state index is 15.4. The van der Waals surface area contributed by atoms with E-state index in [-0.39, 0.29) is 22.3 Å². The molecule has 4 rings (SSSR count). The minimum Gasteiger partial charge on any atom is -0.246 e. The molecule has 0 amide bonds. The van der Waals surface area contributed by atoms with Gasteiger partial charge >= 0.3 is 0 Å². The van der Waals surface area contributed by atoms with Gasteiger partial charge in [0.05, 0.1) is 0 Å². The van der Waals surface area contributed by atoms with Gasteiger partial charge in [-0.25, -0.2) is 8.78 Å². The summed E-state index contributed by atoms with van der Waals surface area (Å²) in [4.78, 5) is 0. The van der Waals surface area contributed by atoms with Crippen LogP contribution in [-0.4, -0.2) is 22.8 Å². The molecule has 3 heteroatoms. The van der Waals surface area contributed by atoms with Crippen LogP contribution in [0.2, 0.25) is 0 Å². The molecule has 9 unspecified atom stereocenters. The maximum atomic E-state index is 15.4. The minimum atomic E-state index is -0.744. The van der Waals surface area contributed by atoms with Gasteiger partial charge in [-0.2, -0.15) is 0 Å². The lowest BCUT2D eigenvalue weighted by molar-refractivity contribution is 0.0848. The third-order valence-corrected chi connectivity index (χ3v) is 9.06. The van der Waals surface area contributed by atoms with Gasteiger partial charge in [0.2, 0.25) is 0 Å². The number of fused-ring (bicyclic) bond motifs is 3. The molecule has 4 aliphatic rings. The van der Waals surface area contributed by atoms with Crippen molar-refractivity contribution in [2.45, 2.75) is 81.6 Å². The van der Waals surface area contributed by atoms with Gasteiger partial charge in [-0.1, -0.05) is 25.5 Å². The van der Waals surface area contributed by atoms with Gasteiger partial charge in [0, 0.05) is 16.4 Å². The van der Waals surface area contributed by atoms with Crippen molar-refractivity contribution < 1.29 is 8.78 Å². The number of alkyl halides is 2. The van der Waals surface area contributed by atoms with E-state index in [1.165, 1.54) is 12.0 Å². The number of allylic oxidation sites excluding steroid dienone is 2. The summed E-state index contributed by atoms with van der Waals surface area (Å²) in [6, 6.07) is 0. The molecule has 3 aliphatic carbocycles. The van der Waals surface area contributed by atoms with Crippen LogP contribution in [0, 0.1) is 29.6 Å². The number of halogens is 2. The van der Waals surface area contributed by atoms with Crippen LogP contribution in [0.15, 0.2) is 11.6 Å². The minimum absolute atomic E-state index is 0.0625. The van der Waals surface area contributed by atoms with Crippen LogP contribution in [-0.2, 0) is 0 Å². The van der Waals surface area contributed by atoms with Gasteiger partial charge in [0.1, 0.15) is 12.3 Å². The van der Waals surface area contributed by atoms with Gasteiger partial charge < -0.3 is 0 Å². The van der Waals surface area contributed by atoms with Crippen LogP contribution < -0.4 is 0 Å². The number of thioether (sulfide) groups is 1. The highest BCUT2D eigenvalue weighted by Gasteiger charge is 2.55. The Morgan fingerprint density at radius 2 is 1.61 bits per heavy atom. The molecule has 0 radical (unpaired) electrons. The van der Waals surface area contributed by atoms with E-state index in [9.17, 15) is 4.39 Å². The van der Waals surface area contributed by atoms with E-state index in [1.54, 1.807) is 11.8 Å². The van der Waals surface area contributed by atoms with E-state index in [0.29, 0.717) is 11.8 Å². The molecule has 9 atom stereocenters. The third-order valence-electron chi connectivity index (χ3n) is 7.21. The lowest BCUT2D eigenvalue weighted by atomic mass is 9.66. The van der Waals surface area contributed by atoms with Crippen LogP contribution in [0.3, 0.4) is 0 Å². The van der Waals surface area contributed by atoms with Crippen molar-refractivity contribution in [3.8, 4) is 0 Å². The van der Waals surface area contributed by atoms with Crippen LogP contribution >= 0.6 is 11.8 Å². The number of hydrogen-bond donors (Lipinski definition) is 0. The Hall–Kier alpha value is -0.0500. The van der Waals surface area contributed by atoms with E-state index in [4.69, 9.17) is 0 Å². The molecule has 0 N–H and O–H groups in total. The average Bonchev–Trinajstić information content (AvgIpc) is 2.93. The predicted molar refractivity (Wildman–Crippen MR) is 94.2 cm³/mol. The Labute approximate surface area is 143 Å². The first kappa shape index (κ1) is 16.4. The molecule has 0 aromatic heterocycles. The lowest BCUT2D eigenvalue weighted by Gasteiger charge is -2.40.